The summed E-state index contributed by atoms with van der Waals surface area (Å²) >= 11 is 0. The van der Waals surface area contributed by atoms with Crippen molar-refractivity contribution >= 4 is 11.8 Å². The Balaban J connectivity index is 0. The molecule has 54 valence electrons. The van der Waals surface area contributed by atoms with Crippen molar-refractivity contribution < 1.29 is 14.3 Å². The Hall–Kier alpha value is -0.900. The molecule has 0 aromatic rings. The summed E-state index contributed by atoms with van der Waals surface area (Å²) in [4.78, 5) is 20.2. The SMILES string of the molecule is CCOC(=O)C(C)=O.N. The minimum atomic E-state index is -0.757. The number of ketones is 1. The molecular formula is C5H11NO3. The van der Waals surface area contributed by atoms with E-state index in [1.54, 1.807) is 6.92 Å². The molecular weight excluding hydrogens is 122 g/mol. The van der Waals surface area contributed by atoms with E-state index in [-0.39, 0.29) is 12.8 Å². The van der Waals surface area contributed by atoms with Gasteiger partial charge in [-0.2, -0.15) is 0 Å². The van der Waals surface area contributed by atoms with E-state index in [0.717, 1.165) is 0 Å². The van der Waals surface area contributed by atoms with Gasteiger partial charge in [0, 0.05) is 6.92 Å². The third-order valence-electron chi connectivity index (χ3n) is 0.563. The zero-order valence-electron chi connectivity index (χ0n) is 5.64. The minimum absolute atomic E-state index is 0. The van der Waals surface area contributed by atoms with Gasteiger partial charge in [-0.3, -0.25) is 4.79 Å². The van der Waals surface area contributed by atoms with Gasteiger partial charge in [-0.1, -0.05) is 0 Å². The third-order valence-corrected chi connectivity index (χ3v) is 0.563. The second-order valence-corrected chi connectivity index (χ2v) is 1.28. The predicted molar refractivity (Wildman–Crippen MR) is 32.3 cm³/mol. The first kappa shape index (κ1) is 11.0. The molecule has 0 saturated carbocycles. The Morgan fingerprint density at radius 1 is 1.44 bits per heavy atom. The van der Waals surface area contributed by atoms with Crippen LogP contribution < -0.4 is 6.15 Å². The number of hydrogen-bond acceptors (Lipinski definition) is 4. The number of ether oxygens (including phenoxy) is 1. The van der Waals surface area contributed by atoms with Crippen LogP contribution in [-0.4, -0.2) is 18.4 Å². The Morgan fingerprint density at radius 3 is 2.00 bits per heavy atom. The van der Waals surface area contributed by atoms with Crippen molar-refractivity contribution in [1.82, 2.24) is 6.15 Å². The molecule has 3 N–H and O–H groups in total. The lowest BCUT2D eigenvalue weighted by Crippen LogP contribution is -2.12. The van der Waals surface area contributed by atoms with Crippen LogP contribution in [0.1, 0.15) is 13.8 Å². The first-order valence-corrected chi connectivity index (χ1v) is 2.36. The topological polar surface area (TPSA) is 78.4 Å². The van der Waals surface area contributed by atoms with Gasteiger partial charge in [0.05, 0.1) is 6.61 Å². The van der Waals surface area contributed by atoms with Crippen LogP contribution in [0, 0.1) is 0 Å². The standard InChI is InChI=1S/C5H8O3.H3N/c1-3-8-5(7)4(2)6;/h3H2,1-2H3;1H3. The number of hydrogen-bond donors (Lipinski definition) is 1. The van der Waals surface area contributed by atoms with E-state index in [0.29, 0.717) is 0 Å². The van der Waals surface area contributed by atoms with Gasteiger partial charge in [-0.25, -0.2) is 4.79 Å². The van der Waals surface area contributed by atoms with Crippen molar-refractivity contribution in [2.75, 3.05) is 6.61 Å². The molecule has 0 fully saturated rings. The summed E-state index contributed by atoms with van der Waals surface area (Å²) in [6, 6.07) is 0. The van der Waals surface area contributed by atoms with Gasteiger partial charge in [-0.15, -0.1) is 0 Å². The quantitative estimate of drug-likeness (QED) is 0.434. The van der Waals surface area contributed by atoms with Crippen LogP contribution in [0.2, 0.25) is 0 Å². The Labute approximate surface area is 53.8 Å². The summed E-state index contributed by atoms with van der Waals surface area (Å²) in [6.45, 7) is 3.09. The van der Waals surface area contributed by atoms with Crippen molar-refractivity contribution in [2.24, 2.45) is 0 Å². The molecule has 0 aliphatic heterocycles. The van der Waals surface area contributed by atoms with E-state index in [1.807, 2.05) is 0 Å². The van der Waals surface area contributed by atoms with Gasteiger partial charge in [0.15, 0.2) is 0 Å². The van der Waals surface area contributed by atoms with Crippen LogP contribution in [-0.2, 0) is 14.3 Å². The van der Waals surface area contributed by atoms with Gasteiger partial charge >= 0.3 is 5.97 Å². The molecule has 0 spiro atoms. The first-order valence-electron chi connectivity index (χ1n) is 2.36. The van der Waals surface area contributed by atoms with E-state index in [2.05, 4.69) is 4.74 Å². The summed E-state index contributed by atoms with van der Waals surface area (Å²) < 4.78 is 4.31. The number of rotatable bonds is 2. The molecule has 0 unspecified atom stereocenters. The largest absolute Gasteiger partial charge is 0.460 e. The van der Waals surface area contributed by atoms with E-state index >= 15 is 0 Å². The molecule has 0 radical (unpaired) electrons. The minimum Gasteiger partial charge on any atom is -0.460 e. The molecule has 0 saturated heterocycles. The lowest BCUT2D eigenvalue weighted by atomic mass is 10.5. The highest BCUT2D eigenvalue weighted by Gasteiger charge is 2.05. The maximum atomic E-state index is 10.2. The number of esters is 1. The Bertz CT molecular complexity index is 111. The number of Topliss-reactive ketones (excluding diaryl/α,β-unsaturated/α-hetero) is 1. The molecule has 4 nitrogen and oxygen atoms in total. The highest BCUT2D eigenvalue weighted by Crippen LogP contribution is 1.77. The molecule has 0 heterocycles. The Morgan fingerprint density at radius 2 is 1.89 bits per heavy atom. The maximum absolute atomic E-state index is 10.2. The second-order valence-electron chi connectivity index (χ2n) is 1.28. The van der Waals surface area contributed by atoms with E-state index in [4.69, 9.17) is 0 Å². The van der Waals surface area contributed by atoms with E-state index < -0.39 is 11.8 Å². The van der Waals surface area contributed by atoms with Gasteiger partial charge < -0.3 is 10.9 Å². The van der Waals surface area contributed by atoms with E-state index in [1.165, 1.54) is 6.92 Å². The number of carbonyl (C=O) groups is 2. The summed E-state index contributed by atoms with van der Waals surface area (Å²) in [5.41, 5.74) is 0. The fourth-order valence-electron chi connectivity index (χ4n) is 0.233. The molecule has 0 aromatic heterocycles. The molecule has 0 bridgehead atoms. The highest BCUT2D eigenvalue weighted by atomic mass is 16.5. The lowest BCUT2D eigenvalue weighted by molar-refractivity contribution is -0.152. The smallest absolute Gasteiger partial charge is 0.374 e. The van der Waals surface area contributed by atoms with Crippen LogP contribution in [0.25, 0.3) is 0 Å². The predicted octanol–water partition coefficient (Wildman–Crippen LogP) is 0.301. The molecule has 0 aliphatic carbocycles. The molecule has 4 heteroatoms. The average molecular weight is 133 g/mol. The summed E-state index contributed by atoms with van der Waals surface area (Å²) in [6.07, 6.45) is 0. The van der Waals surface area contributed by atoms with Crippen LogP contribution >= 0.6 is 0 Å². The second kappa shape index (κ2) is 5.24. The first-order chi connectivity index (χ1) is 3.68. The van der Waals surface area contributed by atoms with Crippen molar-refractivity contribution in [3.8, 4) is 0 Å². The third kappa shape index (κ3) is 4.96. The zero-order chi connectivity index (χ0) is 6.57. The van der Waals surface area contributed by atoms with Gasteiger partial charge in [0.25, 0.3) is 0 Å². The molecule has 0 rings (SSSR count). The molecule has 0 aliphatic rings. The number of carbonyl (C=O) groups excluding carboxylic acids is 2. The Kier molecular flexibility index (Phi) is 6.39. The van der Waals surface area contributed by atoms with Crippen LogP contribution in [0.5, 0.6) is 0 Å². The highest BCUT2D eigenvalue weighted by molar-refractivity contribution is 6.32. The van der Waals surface area contributed by atoms with E-state index in [9.17, 15) is 9.59 Å². The monoisotopic (exact) mass is 133 g/mol. The van der Waals surface area contributed by atoms with Crippen molar-refractivity contribution in [3.05, 3.63) is 0 Å². The van der Waals surface area contributed by atoms with Crippen LogP contribution in [0.15, 0.2) is 0 Å². The summed E-state index contributed by atoms with van der Waals surface area (Å²) in [5.74, 6) is -1.31. The lowest BCUT2D eigenvalue weighted by Gasteiger charge is -1.93. The molecule has 0 atom stereocenters. The van der Waals surface area contributed by atoms with Crippen molar-refractivity contribution in [2.45, 2.75) is 13.8 Å². The van der Waals surface area contributed by atoms with Crippen LogP contribution in [0.4, 0.5) is 0 Å². The fraction of sp³-hybridized carbons (Fsp3) is 0.600. The van der Waals surface area contributed by atoms with Crippen molar-refractivity contribution in [3.63, 3.8) is 0 Å². The van der Waals surface area contributed by atoms with Crippen LogP contribution in [0.3, 0.4) is 0 Å². The molecule has 0 aromatic carbocycles. The van der Waals surface area contributed by atoms with Crippen molar-refractivity contribution in [1.29, 1.82) is 0 Å². The molecule has 0 amide bonds. The average Bonchev–Trinajstić information content (AvgIpc) is 1.67. The molecule has 9 heavy (non-hydrogen) atoms. The fourth-order valence-corrected chi connectivity index (χ4v) is 0.233. The van der Waals surface area contributed by atoms with Gasteiger partial charge in [0.2, 0.25) is 5.78 Å². The van der Waals surface area contributed by atoms with Gasteiger partial charge in [-0.05, 0) is 6.92 Å². The van der Waals surface area contributed by atoms with Gasteiger partial charge in [0.1, 0.15) is 0 Å². The summed E-state index contributed by atoms with van der Waals surface area (Å²) in [7, 11) is 0. The normalized spacial score (nSPS) is 7.33. The maximum Gasteiger partial charge on any atom is 0.374 e. The summed E-state index contributed by atoms with van der Waals surface area (Å²) in [5, 5.41) is 0. The zero-order valence-corrected chi connectivity index (χ0v) is 5.64.